The molecule has 0 aliphatic rings. The lowest BCUT2D eigenvalue weighted by Crippen LogP contribution is -2.14. The molecule has 0 spiro atoms. The van der Waals surface area contributed by atoms with Gasteiger partial charge in [-0.2, -0.15) is 0 Å². The van der Waals surface area contributed by atoms with Crippen LogP contribution in [0.5, 0.6) is 0 Å². The van der Waals surface area contributed by atoms with Crippen LogP contribution in [-0.2, 0) is 27.2 Å². The molecule has 0 aromatic carbocycles. The Bertz CT molecular complexity index is 389. The summed E-state index contributed by atoms with van der Waals surface area (Å²) >= 11 is 0. The summed E-state index contributed by atoms with van der Waals surface area (Å²) in [5.41, 5.74) is 0. The van der Waals surface area contributed by atoms with Crippen molar-refractivity contribution in [2.24, 2.45) is 23.7 Å². The third kappa shape index (κ3) is 13.5. The quantitative estimate of drug-likeness (QED) is 0.303. The van der Waals surface area contributed by atoms with Gasteiger partial charge in [0.25, 0.3) is 0 Å². The summed E-state index contributed by atoms with van der Waals surface area (Å²) in [6, 6.07) is 0. The maximum Gasteiger partial charge on any atom is 0.331 e. The highest BCUT2D eigenvalue weighted by atomic mass is 31.2. The van der Waals surface area contributed by atoms with Crippen LogP contribution in [0.15, 0.2) is 0 Å². The van der Waals surface area contributed by atoms with Crippen molar-refractivity contribution < 1.29 is 27.2 Å². The second kappa shape index (κ2) is 12.7. The van der Waals surface area contributed by atoms with Gasteiger partial charge in [-0.15, -0.1) is 0 Å². The maximum atomic E-state index is 13.1. The van der Waals surface area contributed by atoms with Gasteiger partial charge in [-0.1, -0.05) is 55.4 Å². The molecule has 0 atom stereocenters. The first-order valence-corrected chi connectivity index (χ1v) is 13.1. The Hall–Kier alpha value is 0.300. The highest BCUT2D eigenvalue weighted by molar-refractivity contribution is 7.58. The van der Waals surface area contributed by atoms with Crippen molar-refractivity contribution in [3.05, 3.63) is 0 Å². The minimum atomic E-state index is -3.35. The van der Waals surface area contributed by atoms with E-state index in [2.05, 4.69) is 0 Å². The van der Waals surface area contributed by atoms with Crippen molar-refractivity contribution in [2.75, 3.05) is 38.8 Å². The van der Waals surface area contributed by atoms with Crippen molar-refractivity contribution in [1.29, 1.82) is 0 Å². The van der Waals surface area contributed by atoms with Gasteiger partial charge >= 0.3 is 15.2 Å². The van der Waals surface area contributed by atoms with Crippen molar-refractivity contribution in [2.45, 2.75) is 55.4 Å². The summed E-state index contributed by atoms with van der Waals surface area (Å²) in [4.78, 5) is 0. The first-order chi connectivity index (χ1) is 11.9. The van der Waals surface area contributed by atoms with Gasteiger partial charge in [0.05, 0.1) is 38.8 Å². The van der Waals surface area contributed by atoms with Crippen LogP contribution >= 0.6 is 15.2 Å². The molecule has 8 heteroatoms. The molecular formula is C18H40O6P2. The summed E-state index contributed by atoms with van der Waals surface area (Å²) in [6.45, 7) is 17.2. The van der Waals surface area contributed by atoms with Gasteiger partial charge in [-0.25, -0.2) is 0 Å². The van der Waals surface area contributed by atoms with Crippen LogP contribution in [0, 0.1) is 23.7 Å². The van der Waals surface area contributed by atoms with Crippen LogP contribution in [-0.4, -0.2) is 38.8 Å². The molecule has 0 aromatic heterocycles. The molecule has 0 rings (SSSR count). The lowest BCUT2D eigenvalue weighted by atomic mass is 10.2. The zero-order valence-corrected chi connectivity index (χ0v) is 19.7. The zero-order chi connectivity index (χ0) is 20.4. The first kappa shape index (κ1) is 26.3. The molecule has 0 heterocycles. The Morgan fingerprint density at radius 1 is 0.500 bits per heavy atom. The van der Waals surface area contributed by atoms with E-state index in [-0.39, 0.29) is 36.0 Å². The molecule has 0 aliphatic carbocycles. The molecule has 0 saturated carbocycles. The largest absolute Gasteiger partial charge is 0.331 e. The van der Waals surface area contributed by atoms with Gasteiger partial charge in [0.15, 0.2) is 0 Å². The monoisotopic (exact) mass is 414 g/mol. The summed E-state index contributed by atoms with van der Waals surface area (Å²) in [6.07, 6.45) is 0.0554. The summed E-state index contributed by atoms with van der Waals surface area (Å²) in [5, 5.41) is 0. The first-order valence-electron chi connectivity index (χ1n) is 9.63. The Labute approximate surface area is 160 Å². The van der Waals surface area contributed by atoms with E-state index in [1.54, 1.807) is 0 Å². The normalized spacial score (nSPS) is 13.5. The predicted octanol–water partition coefficient (Wildman–Crippen LogP) is 6.06. The lowest BCUT2D eigenvalue weighted by Gasteiger charge is -2.24. The number of hydrogen-bond acceptors (Lipinski definition) is 6. The molecule has 26 heavy (non-hydrogen) atoms. The highest BCUT2D eigenvalue weighted by Gasteiger charge is 2.33. The molecule has 0 radical (unpaired) electrons. The third-order valence-electron chi connectivity index (χ3n) is 3.07. The Morgan fingerprint density at radius 2 is 0.692 bits per heavy atom. The standard InChI is InChI=1S/C18H40O6P2/c1-15(2)11-21-25(19,22-12-16(3)4)9-10-26(20,23-13-17(5)6)24-14-18(7)8/h15-18H,9-14H2,1-8H3. The van der Waals surface area contributed by atoms with E-state index in [0.29, 0.717) is 26.4 Å². The van der Waals surface area contributed by atoms with Crippen molar-refractivity contribution >= 4 is 15.2 Å². The van der Waals surface area contributed by atoms with Crippen LogP contribution in [0.1, 0.15) is 55.4 Å². The Kier molecular flexibility index (Phi) is 12.8. The van der Waals surface area contributed by atoms with Crippen molar-refractivity contribution in [1.82, 2.24) is 0 Å². The van der Waals surface area contributed by atoms with E-state index in [1.807, 2.05) is 55.4 Å². The second-order valence-electron chi connectivity index (χ2n) is 8.43. The third-order valence-corrected chi connectivity index (χ3v) is 7.13. The molecular weight excluding hydrogens is 374 g/mol. The smallest absolute Gasteiger partial charge is 0.308 e. The van der Waals surface area contributed by atoms with Crippen molar-refractivity contribution in [3.8, 4) is 0 Å². The van der Waals surface area contributed by atoms with Gasteiger partial charge in [0, 0.05) is 0 Å². The van der Waals surface area contributed by atoms with Crippen molar-refractivity contribution in [3.63, 3.8) is 0 Å². The van der Waals surface area contributed by atoms with Gasteiger partial charge in [-0.05, 0) is 23.7 Å². The lowest BCUT2D eigenvalue weighted by molar-refractivity contribution is 0.166. The van der Waals surface area contributed by atoms with E-state index in [1.165, 1.54) is 0 Å². The minimum absolute atomic E-state index is 0.0277. The van der Waals surface area contributed by atoms with Crippen LogP contribution in [0.25, 0.3) is 0 Å². The summed E-state index contributed by atoms with van der Waals surface area (Å²) in [5.74, 6) is 0.915. The average molecular weight is 414 g/mol. The van der Waals surface area contributed by atoms with E-state index in [0.717, 1.165) is 0 Å². The van der Waals surface area contributed by atoms with E-state index in [4.69, 9.17) is 18.1 Å². The van der Waals surface area contributed by atoms with E-state index >= 15 is 0 Å². The SMILES string of the molecule is CC(C)COP(=O)(CCP(=O)(OCC(C)C)OCC(C)C)OCC(C)C. The predicted molar refractivity (Wildman–Crippen MR) is 108 cm³/mol. The van der Waals surface area contributed by atoms with Gasteiger partial charge in [-0.3, -0.25) is 9.13 Å². The second-order valence-corrected chi connectivity index (χ2v) is 12.8. The highest BCUT2D eigenvalue weighted by Crippen LogP contribution is 2.56. The zero-order valence-electron chi connectivity index (χ0n) is 17.9. The average Bonchev–Trinajstić information content (AvgIpc) is 2.53. The summed E-state index contributed by atoms with van der Waals surface area (Å²) in [7, 11) is -6.70. The number of rotatable bonds is 15. The van der Waals surface area contributed by atoms with Gasteiger partial charge < -0.3 is 18.1 Å². The molecule has 0 N–H and O–H groups in total. The van der Waals surface area contributed by atoms with E-state index in [9.17, 15) is 9.13 Å². The van der Waals surface area contributed by atoms with E-state index < -0.39 is 15.2 Å². The van der Waals surface area contributed by atoms with Gasteiger partial charge in [0.2, 0.25) is 0 Å². The van der Waals surface area contributed by atoms with Crippen LogP contribution < -0.4 is 0 Å². The molecule has 0 aliphatic heterocycles. The fourth-order valence-corrected chi connectivity index (χ4v) is 6.35. The maximum absolute atomic E-state index is 13.1. The molecule has 0 amide bonds. The minimum Gasteiger partial charge on any atom is -0.308 e. The Balaban J connectivity index is 5.03. The fourth-order valence-electron chi connectivity index (χ4n) is 1.63. The van der Waals surface area contributed by atoms with Gasteiger partial charge in [0.1, 0.15) is 0 Å². The molecule has 0 saturated heterocycles. The fraction of sp³-hybridized carbons (Fsp3) is 1.00. The molecule has 0 bridgehead atoms. The summed E-state index contributed by atoms with van der Waals surface area (Å²) < 4.78 is 48.5. The Morgan fingerprint density at radius 3 is 0.846 bits per heavy atom. The molecule has 0 fully saturated rings. The molecule has 158 valence electrons. The van der Waals surface area contributed by atoms with Crippen LogP contribution in [0.3, 0.4) is 0 Å². The molecule has 0 aromatic rings. The van der Waals surface area contributed by atoms with Crippen LogP contribution in [0.2, 0.25) is 0 Å². The van der Waals surface area contributed by atoms with Crippen LogP contribution in [0.4, 0.5) is 0 Å². The number of hydrogen-bond donors (Lipinski definition) is 0. The molecule has 6 nitrogen and oxygen atoms in total. The molecule has 0 unspecified atom stereocenters. The topological polar surface area (TPSA) is 71.1 Å².